The SMILES string of the molecule is CCCCCCCCCOC(=O)CCCCCCC1CCCC(CCCCCCC(=O)OC(CCCCCCCC)CCCCCCCC)N1CCO. The Balaban J connectivity index is 2.24. The predicted octanol–water partition coefficient (Wildman–Crippen LogP) is 13.6. The molecule has 1 saturated heterocycles. The lowest BCUT2D eigenvalue weighted by Gasteiger charge is -2.42. The van der Waals surface area contributed by atoms with E-state index in [1.807, 2.05) is 0 Å². The van der Waals surface area contributed by atoms with Gasteiger partial charge in [-0.3, -0.25) is 14.5 Å². The molecule has 1 fully saturated rings. The Labute approximate surface area is 330 Å². The number of hydrogen-bond donors (Lipinski definition) is 1. The fourth-order valence-corrected chi connectivity index (χ4v) is 8.45. The molecule has 0 spiro atoms. The van der Waals surface area contributed by atoms with Crippen LogP contribution in [0.3, 0.4) is 0 Å². The number of aliphatic hydroxyl groups is 1. The minimum atomic E-state index is -0.0218. The molecule has 1 N–H and O–H groups in total. The quantitative estimate of drug-likeness (QED) is 0.0498. The van der Waals surface area contributed by atoms with Crippen LogP contribution in [-0.2, 0) is 19.1 Å². The Bertz CT molecular complexity index is 790. The van der Waals surface area contributed by atoms with Crippen LogP contribution in [0.4, 0.5) is 0 Å². The Morgan fingerprint density at radius 2 is 0.962 bits per heavy atom. The second-order valence-electron chi connectivity index (χ2n) is 16.7. The van der Waals surface area contributed by atoms with E-state index in [1.54, 1.807) is 0 Å². The van der Waals surface area contributed by atoms with E-state index in [0.29, 0.717) is 31.5 Å². The number of hydrogen-bond acceptors (Lipinski definition) is 6. The monoisotopic (exact) mass is 750 g/mol. The van der Waals surface area contributed by atoms with Gasteiger partial charge in [0, 0.05) is 31.5 Å². The number of esters is 2. The first kappa shape index (κ1) is 49.9. The lowest BCUT2D eigenvalue weighted by molar-refractivity contribution is -0.150. The van der Waals surface area contributed by atoms with Gasteiger partial charge in [-0.05, 0) is 70.6 Å². The van der Waals surface area contributed by atoms with E-state index in [2.05, 4.69) is 25.7 Å². The summed E-state index contributed by atoms with van der Waals surface area (Å²) in [6.45, 7) is 8.38. The van der Waals surface area contributed by atoms with Crippen molar-refractivity contribution in [2.45, 2.75) is 270 Å². The smallest absolute Gasteiger partial charge is 0.306 e. The van der Waals surface area contributed by atoms with Crippen LogP contribution in [0.1, 0.15) is 252 Å². The molecule has 0 aromatic carbocycles. The van der Waals surface area contributed by atoms with Gasteiger partial charge in [0.2, 0.25) is 0 Å². The highest BCUT2D eigenvalue weighted by atomic mass is 16.5. The topological polar surface area (TPSA) is 76.1 Å². The van der Waals surface area contributed by atoms with Crippen LogP contribution in [0.15, 0.2) is 0 Å². The maximum Gasteiger partial charge on any atom is 0.306 e. The van der Waals surface area contributed by atoms with Gasteiger partial charge >= 0.3 is 11.9 Å². The first-order valence-electron chi connectivity index (χ1n) is 23.8. The van der Waals surface area contributed by atoms with E-state index in [4.69, 9.17) is 9.47 Å². The van der Waals surface area contributed by atoms with Crippen molar-refractivity contribution in [3.8, 4) is 0 Å². The zero-order valence-electron chi connectivity index (χ0n) is 35.8. The van der Waals surface area contributed by atoms with Crippen LogP contribution < -0.4 is 0 Å². The Morgan fingerprint density at radius 3 is 1.45 bits per heavy atom. The van der Waals surface area contributed by atoms with Gasteiger partial charge in [-0.15, -0.1) is 0 Å². The first-order chi connectivity index (χ1) is 26.0. The van der Waals surface area contributed by atoms with Crippen LogP contribution in [0, 0.1) is 0 Å². The number of unbranched alkanes of at least 4 members (excludes halogenated alkanes) is 22. The molecule has 1 rings (SSSR count). The minimum absolute atomic E-state index is 0.0218. The van der Waals surface area contributed by atoms with Crippen molar-refractivity contribution in [1.29, 1.82) is 0 Å². The number of piperidine rings is 1. The van der Waals surface area contributed by atoms with Crippen molar-refractivity contribution < 1.29 is 24.2 Å². The second kappa shape index (κ2) is 37.8. The molecule has 1 aliphatic rings. The molecule has 0 aromatic rings. The van der Waals surface area contributed by atoms with Crippen molar-refractivity contribution in [1.82, 2.24) is 4.90 Å². The molecule has 53 heavy (non-hydrogen) atoms. The van der Waals surface area contributed by atoms with Crippen LogP contribution in [0.5, 0.6) is 0 Å². The third-order valence-electron chi connectivity index (χ3n) is 11.8. The van der Waals surface area contributed by atoms with E-state index in [1.165, 1.54) is 173 Å². The summed E-state index contributed by atoms with van der Waals surface area (Å²) in [6.07, 6.45) is 42.3. The zero-order valence-corrected chi connectivity index (χ0v) is 35.8. The lowest BCUT2D eigenvalue weighted by Crippen LogP contribution is -2.47. The number of aliphatic hydroxyl groups excluding tert-OH is 1. The predicted molar refractivity (Wildman–Crippen MR) is 225 cm³/mol. The normalized spacial score (nSPS) is 16.4. The Hall–Kier alpha value is -1.14. The van der Waals surface area contributed by atoms with E-state index >= 15 is 0 Å². The van der Waals surface area contributed by atoms with E-state index in [-0.39, 0.29) is 24.6 Å². The molecule has 2 atom stereocenters. The molecule has 0 amide bonds. The number of nitrogens with zero attached hydrogens (tertiary/aromatic N) is 1. The lowest BCUT2D eigenvalue weighted by atomic mass is 9.89. The third kappa shape index (κ3) is 29.8. The van der Waals surface area contributed by atoms with E-state index < -0.39 is 0 Å². The molecule has 0 aliphatic carbocycles. The van der Waals surface area contributed by atoms with Gasteiger partial charge < -0.3 is 14.6 Å². The largest absolute Gasteiger partial charge is 0.466 e. The van der Waals surface area contributed by atoms with Crippen molar-refractivity contribution in [2.75, 3.05) is 19.8 Å². The van der Waals surface area contributed by atoms with Gasteiger partial charge in [-0.25, -0.2) is 0 Å². The summed E-state index contributed by atoms with van der Waals surface area (Å²) in [7, 11) is 0. The van der Waals surface area contributed by atoms with Gasteiger partial charge in [0.25, 0.3) is 0 Å². The molecule has 1 heterocycles. The van der Waals surface area contributed by atoms with Gasteiger partial charge in [-0.1, -0.05) is 168 Å². The van der Waals surface area contributed by atoms with Gasteiger partial charge in [0.1, 0.15) is 6.10 Å². The second-order valence-corrected chi connectivity index (χ2v) is 16.7. The molecule has 6 nitrogen and oxygen atoms in total. The van der Waals surface area contributed by atoms with Crippen LogP contribution in [0.25, 0.3) is 0 Å². The standard InChI is InChI=1S/C47H91NO5/c1-4-7-10-13-16-23-30-42-52-46(50)38-28-21-19-24-32-43-34-31-35-44(48(43)40-41-49)33-25-20-22-29-39-47(51)53-45(36-26-17-14-11-8-5-2)37-27-18-15-12-9-6-3/h43-45,49H,4-42H2,1-3H3. The third-order valence-corrected chi connectivity index (χ3v) is 11.8. The number of carbonyl (C=O) groups excluding carboxylic acids is 2. The summed E-state index contributed by atoms with van der Waals surface area (Å²) in [5, 5.41) is 9.89. The van der Waals surface area contributed by atoms with Crippen LogP contribution in [-0.4, -0.2) is 59.9 Å². The summed E-state index contributed by atoms with van der Waals surface area (Å²) in [6, 6.07) is 1.14. The van der Waals surface area contributed by atoms with Gasteiger partial charge in [0.15, 0.2) is 0 Å². The maximum absolute atomic E-state index is 12.8. The zero-order chi connectivity index (χ0) is 38.5. The molecule has 0 saturated carbocycles. The summed E-state index contributed by atoms with van der Waals surface area (Å²) in [5.74, 6) is 0.00125. The van der Waals surface area contributed by atoms with Crippen molar-refractivity contribution >= 4 is 11.9 Å². The molecular formula is C47H91NO5. The first-order valence-corrected chi connectivity index (χ1v) is 23.8. The van der Waals surface area contributed by atoms with Crippen LogP contribution >= 0.6 is 0 Å². The molecule has 2 unspecified atom stereocenters. The summed E-state index contributed by atoms with van der Waals surface area (Å²) in [5.41, 5.74) is 0. The van der Waals surface area contributed by atoms with E-state index in [0.717, 1.165) is 51.5 Å². The fourth-order valence-electron chi connectivity index (χ4n) is 8.45. The average molecular weight is 750 g/mol. The summed E-state index contributed by atoms with van der Waals surface area (Å²) < 4.78 is 11.5. The molecule has 0 bridgehead atoms. The summed E-state index contributed by atoms with van der Waals surface area (Å²) in [4.78, 5) is 27.6. The molecule has 0 aromatic heterocycles. The molecule has 1 aliphatic heterocycles. The van der Waals surface area contributed by atoms with Gasteiger partial charge in [-0.2, -0.15) is 0 Å². The fraction of sp³-hybridized carbons (Fsp3) is 0.957. The minimum Gasteiger partial charge on any atom is -0.466 e. The Kier molecular flexibility index (Phi) is 35.5. The highest BCUT2D eigenvalue weighted by molar-refractivity contribution is 5.69. The van der Waals surface area contributed by atoms with Crippen molar-refractivity contribution in [2.24, 2.45) is 0 Å². The van der Waals surface area contributed by atoms with Gasteiger partial charge in [0.05, 0.1) is 13.2 Å². The van der Waals surface area contributed by atoms with Crippen molar-refractivity contribution in [3.05, 3.63) is 0 Å². The molecular weight excluding hydrogens is 659 g/mol. The molecule has 6 heteroatoms. The highest BCUT2D eigenvalue weighted by Gasteiger charge is 2.29. The number of carbonyl (C=O) groups is 2. The Morgan fingerprint density at radius 1 is 0.547 bits per heavy atom. The number of likely N-dealkylation sites (tertiary alicyclic amines) is 1. The number of ether oxygens (including phenoxy) is 2. The maximum atomic E-state index is 12.8. The van der Waals surface area contributed by atoms with Crippen LogP contribution in [0.2, 0.25) is 0 Å². The van der Waals surface area contributed by atoms with E-state index in [9.17, 15) is 14.7 Å². The number of rotatable bonds is 39. The molecule has 0 radical (unpaired) electrons. The number of β-amino-alcohol motifs (C(OH)–C–C–N with tert-alkyl or cyclic N) is 1. The highest BCUT2D eigenvalue weighted by Crippen LogP contribution is 2.29. The average Bonchev–Trinajstić information content (AvgIpc) is 3.15. The van der Waals surface area contributed by atoms with Crippen molar-refractivity contribution in [3.63, 3.8) is 0 Å². The molecule has 314 valence electrons. The summed E-state index contributed by atoms with van der Waals surface area (Å²) >= 11 is 0.